The molecule has 0 bridgehead atoms. The van der Waals surface area contributed by atoms with Crippen LogP contribution in [0.2, 0.25) is 0 Å². The van der Waals surface area contributed by atoms with Crippen LogP contribution in [0.3, 0.4) is 0 Å². The van der Waals surface area contributed by atoms with Crippen LogP contribution >= 0.6 is 0 Å². The van der Waals surface area contributed by atoms with E-state index in [0.29, 0.717) is 31.0 Å². The molecule has 168 valence electrons. The highest BCUT2D eigenvalue weighted by Gasteiger charge is 2.46. The lowest BCUT2D eigenvalue weighted by Gasteiger charge is -2.26. The molecule has 1 aliphatic rings. The van der Waals surface area contributed by atoms with Gasteiger partial charge in [0.2, 0.25) is 0 Å². The molecule has 2 aromatic rings. The first-order valence-corrected chi connectivity index (χ1v) is 10.7. The maximum absolute atomic E-state index is 13.1. The van der Waals surface area contributed by atoms with Gasteiger partial charge in [-0.3, -0.25) is 9.59 Å². The monoisotopic (exact) mass is 435 g/mol. The molecule has 32 heavy (non-hydrogen) atoms. The number of likely N-dealkylation sites (N-methyl/N-ethyl adjacent to an activating group) is 1. The Hall–Kier alpha value is -3.38. The number of hydrogen-bond acceptors (Lipinski definition) is 4. The number of ketones is 1. The van der Waals surface area contributed by atoms with Crippen molar-refractivity contribution in [3.63, 3.8) is 0 Å². The summed E-state index contributed by atoms with van der Waals surface area (Å²) < 4.78 is 5.56. The van der Waals surface area contributed by atoms with Gasteiger partial charge < -0.3 is 19.6 Å². The number of amides is 1. The largest absolute Gasteiger partial charge is 0.507 e. The molecule has 0 saturated carbocycles. The Kier molecular flexibility index (Phi) is 7.15. The summed E-state index contributed by atoms with van der Waals surface area (Å²) in [6, 6.07) is 12.3. The predicted octanol–water partition coefficient (Wildman–Crippen LogP) is 2.43. The topological polar surface area (TPSA) is 71.3 Å². The van der Waals surface area contributed by atoms with Crippen molar-refractivity contribution >= 4 is 17.4 Å². The Balaban J connectivity index is 2.11. The fraction of sp³-hybridized carbons (Fsp3) is 0.308. The number of nitrogens with zero attached hydrogens (tertiary/aromatic N) is 1. The van der Waals surface area contributed by atoms with Crippen molar-refractivity contribution in [2.45, 2.75) is 19.9 Å². The molecule has 2 aromatic carbocycles. The minimum Gasteiger partial charge on any atom is -0.507 e. The van der Waals surface area contributed by atoms with Gasteiger partial charge in [-0.05, 0) is 43.2 Å². The van der Waals surface area contributed by atoms with E-state index in [1.165, 1.54) is 4.90 Å². The highest BCUT2D eigenvalue weighted by Crippen LogP contribution is 2.40. The number of carbonyl (C=O) groups excluding carboxylic acids is 2. The first kappa shape index (κ1) is 23.3. The smallest absolute Gasteiger partial charge is 0.295 e. The number of carbonyl (C=O) groups is 2. The zero-order valence-electron chi connectivity index (χ0n) is 19.1. The van der Waals surface area contributed by atoms with Crippen LogP contribution < -0.4 is 9.64 Å². The average Bonchev–Trinajstić information content (AvgIpc) is 3.01. The molecule has 1 fully saturated rings. The lowest BCUT2D eigenvalue weighted by atomic mass is 9.93. The van der Waals surface area contributed by atoms with E-state index >= 15 is 0 Å². The number of rotatable bonds is 8. The highest BCUT2D eigenvalue weighted by atomic mass is 16.5. The first-order chi connectivity index (χ1) is 15.2. The standard InChI is InChI=1S/C26H30N2O4/c1-6-15-32-20-11-12-21(18(3)16-20)24(29)22-23(19-9-7-17(2)8-10-19)28(14-13-27(4)5)26(31)25(22)30/h6-12,16,23,29H,1,13-15H2,2-5H3/p+1/t23-/m1/s1. The van der Waals surface area contributed by atoms with Crippen molar-refractivity contribution in [3.05, 3.63) is 82.9 Å². The van der Waals surface area contributed by atoms with Gasteiger partial charge in [0.1, 0.15) is 18.1 Å². The third kappa shape index (κ3) is 4.75. The fourth-order valence-electron chi connectivity index (χ4n) is 3.84. The quantitative estimate of drug-likeness (QED) is 0.289. The predicted molar refractivity (Wildman–Crippen MR) is 125 cm³/mol. The number of aliphatic hydroxyl groups is 1. The molecule has 0 radical (unpaired) electrons. The van der Waals surface area contributed by atoms with Gasteiger partial charge in [-0.25, -0.2) is 0 Å². The molecule has 1 saturated heterocycles. The SMILES string of the molecule is C=CCOc1ccc(C(O)=C2C(=O)C(=O)N(CC[NH+](C)C)[C@@H]2c2ccc(C)cc2)c(C)c1. The molecular formula is C26H31N2O4+. The summed E-state index contributed by atoms with van der Waals surface area (Å²) in [6.07, 6.45) is 1.65. The summed E-state index contributed by atoms with van der Waals surface area (Å²) in [5.41, 5.74) is 3.25. The summed E-state index contributed by atoms with van der Waals surface area (Å²) in [6.45, 7) is 8.93. The van der Waals surface area contributed by atoms with Gasteiger partial charge in [0, 0.05) is 5.56 Å². The number of aryl methyl sites for hydroxylation is 2. The molecule has 0 aromatic heterocycles. The van der Waals surface area contributed by atoms with Gasteiger partial charge >= 0.3 is 0 Å². The summed E-state index contributed by atoms with van der Waals surface area (Å²) in [5.74, 6) is -0.764. The molecule has 1 atom stereocenters. The van der Waals surface area contributed by atoms with Crippen LogP contribution in [0, 0.1) is 13.8 Å². The number of benzene rings is 2. The zero-order valence-corrected chi connectivity index (χ0v) is 19.1. The fourth-order valence-corrected chi connectivity index (χ4v) is 3.84. The Morgan fingerprint density at radius 1 is 1.16 bits per heavy atom. The lowest BCUT2D eigenvalue weighted by Crippen LogP contribution is -3.06. The molecular weight excluding hydrogens is 404 g/mol. The van der Waals surface area contributed by atoms with E-state index in [-0.39, 0.29) is 11.3 Å². The lowest BCUT2D eigenvalue weighted by molar-refractivity contribution is -0.857. The van der Waals surface area contributed by atoms with E-state index in [2.05, 4.69) is 6.58 Å². The van der Waals surface area contributed by atoms with Gasteiger partial charge in [-0.1, -0.05) is 42.5 Å². The molecule has 1 heterocycles. The Labute approximate surface area is 189 Å². The van der Waals surface area contributed by atoms with Crippen molar-refractivity contribution in [2.24, 2.45) is 0 Å². The van der Waals surface area contributed by atoms with Gasteiger partial charge in [0.05, 0.1) is 38.8 Å². The number of quaternary nitrogens is 1. The number of hydrogen-bond donors (Lipinski definition) is 2. The molecule has 6 nitrogen and oxygen atoms in total. The van der Waals surface area contributed by atoms with Crippen LogP contribution in [0.25, 0.3) is 5.76 Å². The highest BCUT2D eigenvalue weighted by molar-refractivity contribution is 6.46. The van der Waals surface area contributed by atoms with Crippen molar-refractivity contribution in [3.8, 4) is 5.75 Å². The molecule has 0 spiro atoms. The van der Waals surface area contributed by atoms with Crippen molar-refractivity contribution in [2.75, 3.05) is 33.8 Å². The maximum Gasteiger partial charge on any atom is 0.295 e. The van der Waals surface area contributed by atoms with Crippen LogP contribution in [0.1, 0.15) is 28.3 Å². The molecule has 2 N–H and O–H groups in total. The molecule has 0 aliphatic carbocycles. The second-order valence-electron chi connectivity index (χ2n) is 8.44. The Morgan fingerprint density at radius 2 is 1.84 bits per heavy atom. The van der Waals surface area contributed by atoms with E-state index in [1.54, 1.807) is 29.2 Å². The molecule has 0 unspecified atom stereocenters. The van der Waals surface area contributed by atoms with Gasteiger partial charge in [-0.15, -0.1) is 0 Å². The summed E-state index contributed by atoms with van der Waals surface area (Å²) in [5, 5.41) is 11.3. The first-order valence-electron chi connectivity index (χ1n) is 10.7. The maximum atomic E-state index is 13.1. The number of ether oxygens (including phenoxy) is 1. The summed E-state index contributed by atoms with van der Waals surface area (Å²) in [4.78, 5) is 28.8. The van der Waals surface area contributed by atoms with Crippen LogP contribution in [-0.4, -0.2) is 55.5 Å². The molecule has 1 amide bonds. The number of nitrogens with one attached hydrogen (secondary N) is 1. The second kappa shape index (κ2) is 9.83. The van der Waals surface area contributed by atoms with E-state index in [4.69, 9.17) is 4.74 Å². The van der Waals surface area contributed by atoms with E-state index in [1.807, 2.05) is 52.2 Å². The van der Waals surface area contributed by atoms with Crippen molar-refractivity contribution in [1.29, 1.82) is 0 Å². The Morgan fingerprint density at radius 3 is 2.44 bits per heavy atom. The van der Waals surface area contributed by atoms with Gasteiger partial charge in [-0.2, -0.15) is 0 Å². The van der Waals surface area contributed by atoms with Crippen LogP contribution in [0.15, 0.2) is 60.7 Å². The molecule has 1 aliphatic heterocycles. The summed E-state index contributed by atoms with van der Waals surface area (Å²) >= 11 is 0. The van der Waals surface area contributed by atoms with Crippen molar-refractivity contribution in [1.82, 2.24) is 4.90 Å². The number of aliphatic hydroxyl groups excluding tert-OH is 1. The second-order valence-corrected chi connectivity index (χ2v) is 8.44. The Bertz CT molecular complexity index is 1050. The number of Topliss-reactive ketones (excluding diaryl/α,β-unsaturated/α-hetero) is 1. The number of likely N-dealkylation sites (tertiary alicyclic amines) is 1. The zero-order chi connectivity index (χ0) is 23.4. The van der Waals surface area contributed by atoms with E-state index in [0.717, 1.165) is 16.7 Å². The normalized spacial score (nSPS) is 17.8. The van der Waals surface area contributed by atoms with E-state index in [9.17, 15) is 14.7 Å². The molecule has 6 heteroatoms. The van der Waals surface area contributed by atoms with Crippen LogP contribution in [0.4, 0.5) is 0 Å². The van der Waals surface area contributed by atoms with Crippen LogP contribution in [-0.2, 0) is 9.59 Å². The van der Waals surface area contributed by atoms with E-state index < -0.39 is 17.7 Å². The minimum atomic E-state index is -0.659. The van der Waals surface area contributed by atoms with Gasteiger partial charge in [0.15, 0.2) is 0 Å². The molecule has 3 rings (SSSR count). The third-order valence-corrected chi connectivity index (χ3v) is 5.61. The average molecular weight is 436 g/mol. The third-order valence-electron chi connectivity index (χ3n) is 5.61. The van der Waals surface area contributed by atoms with Gasteiger partial charge in [0.25, 0.3) is 11.7 Å². The van der Waals surface area contributed by atoms with Crippen molar-refractivity contribution < 1.29 is 24.3 Å². The summed E-state index contributed by atoms with van der Waals surface area (Å²) in [7, 11) is 3.99. The minimum absolute atomic E-state index is 0.121. The van der Waals surface area contributed by atoms with Crippen LogP contribution in [0.5, 0.6) is 5.75 Å².